The molecule has 7 heteroatoms. The Hall–Kier alpha value is -1.05. The van der Waals surface area contributed by atoms with Crippen molar-refractivity contribution in [3.8, 4) is 0 Å². The molecule has 0 saturated carbocycles. The van der Waals surface area contributed by atoms with E-state index in [1.807, 2.05) is 4.72 Å². The topological polar surface area (TPSA) is 72.2 Å². The lowest BCUT2D eigenvalue weighted by Crippen LogP contribution is -2.29. The van der Waals surface area contributed by atoms with Crippen LogP contribution < -0.4 is 10.5 Å². The molecular formula is C8H10F2N2O2S. The van der Waals surface area contributed by atoms with Crippen LogP contribution in [0.15, 0.2) is 23.1 Å². The molecular weight excluding hydrogens is 226 g/mol. The number of hydrogen-bond acceptors (Lipinski definition) is 3. The maximum Gasteiger partial charge on any atom is 0.243 e. The molecule has 0 aromatic heterocycles. The summed E-state index contributed by atoms with van der Waals surface area (Å²) in [6.07, 6.45) is 0. The molecule has 1 aromatic rings. The van der Waals surface area contributed by atoms with Crippen LogP contribution >= 0.6 is 0 Å². The summed E-state index contributed by atoms with van der Waals surface area (Å²) in [4.78, 5) is -0.712. The van der Waals surface area contributed by atoms with Gasteiger partial charge in [-0.3, -0.25) is 0 Å². The molecule has 4 nitrogen and oxygen atoms in total. The molecule has 0 radical (unpaired) electrons. The van der Waals surface area contributed by atoms with Crippen molar-refractivity contribution in [3.05, 3.63) is 29.8 Å². The van der Waals surface area contributed by atoms with Crippen molar-refractivity contribution >= 4 is 10.0 Å². The van der Waals surface area contributed by atoms with Crippen LogP contribution in [0.3, 0.4) is 0 Å². The fraction of sp³-hybridized carbons (Fsp3) is 0.250. The van der Waals surface area contributed by atoms with Crippen molar-refractivity contribution in [1.82, 2.24) is 4.72 Å². The van der Waals surface area contributed by atoms with Crippen LogP contribution in [0.5, 0.6) is 0 Å². The summed E-state index contributed by atoms with van der Waals surface area (Å²) in [6, 6.07) is 2.22. The summed E-state index contributed by atoms with van der Waals surface area (Å²) in [7, 11) is -4.02. The largest absolute Gasteiger partial charge is 0.329 e. The van der Waals surface area contributed by atoms with E-state index in [9.17, 15) is 17.2 Å². The van der Waals surface area contributed by atoms with Gasteiger partial charge in [-0.1, -0.05) is 0 Å². The maximum atomic E-state index is 13.1. The highest BCUT2D eigenvalue weighted by atomic mass is 32.2. The molecule has 3 N–H and O–H groups in total. The van der Waals surface area contributed by atoms with Crippen molar-refractivity contribution in [1.29, 1.82) is 0 Å². The van der Waals surface area contributed by atoms with Crippen LogP contribution in [0.2, 0.25) is 0 Å². The summed E-state index contributed by atoms with van der Waals surface area (Å²) < 4.78 is 50.6. The summed E-state index contributed by atoms with van der Waals surface area (Å²) in [6.45, 7) is 0.0501. The fourth-order valence-electron chi connectivity index (χ4n) is 0.954. The lowest BCUT2D eigenvalue weighted by atomic mass is 10.3. The van der Waals surface area contributed by atoms with Gasteiger partial charge in [0.25, 0.3) is 0 Å². The Morgan fingerprint density at radius 1 is 1.33 bits per heavy atom. The van der Waals surface area contributed by atoms with Crippen LogP contribution in [0, 0.1) is 11.6 Å². The first-order valence-corrected chi connectivity index (χ1v) is 5.60. The third-order valence-corrected chi connectivity index (χ3v) is 3.10. The minimum absolute atomic E-state index is 0.0295. The van der Waals surface area contributed by atoms with E-state index in [1.165, 1.54) is 0 Å². The van der Waals surface area contributed by atoms with E-state index in [1.54, 1.807) is 0 Å². The molecule has 0 bridgehead atoms. The number of nitrogens with one attached hydrogen (secondary N) is 1. The van der Waals surface area contributed by atoms with Crippen molar-refractivity contribution in [2.24, 2.45) is 5.73 Å². The molecule has 1 aromatic carbocycles. The van der Waals surface area contributed by atoms with Gasteiger partial charge in [-0.25, -0.2) is 21.9 Å². The van der Waals surface area contributed by atoms with E-state index in [0.29, 0.717) is 6.07 Å². The second-order valence-corrected chi connectivity index (χ2v) is 4.50. The van der Waals surface area contributed by atoms with Gasteiger partial charge in [-0.05, 0) is 18.2 Å². The SMILES string of the molecule is NCCNS(=O)(=O)c1cc(F)ccc1F. The van der Waals surface area contributed by atoms with Gasteiger partial charge < -0.3 is 5.73 Å². The standard InChI is InChI=1S/C8H10F2N2O2S/c9-6-1-2-7(10)8(5-6)15(13,14)12-4-3-11/h1-2,5,12H,3-4,11H2. The maximum absolute atomic E-state index is 13.1. The number of halogens is 2. The minimum Gasteiger partial charge on any atom is -0.329 e. The van der Waals surface area contributed by atoms with Crippen LogP contribution in [0.4, 0.5) is 8.78 Å². The second-order valence-electron chi connectivity index (χ2n) is 2.76. The first-order valence-electron chi connectivity index (χ1n) is 4.12. The van der Waals surface area contributed by atoms with Crippen molar-refractivity contribution in [3.63, 3.8) is 0 Å². The Morgan fingerprint density at radius 2 is 2.00 bits per heavy atom. The predicted molar refractivity (Wildman–Crippen MR) is 50.6 cm³/mol. The zero-order valence-electron chi connectivity index (χ0n) is 7.70. The highest BCUT2D eigenvalue weighted by Crippen LogP contribution is 2.15. The number of rotatable bonds is 4. The molecule has 0 aliphatic rings. The first kappa shape index (κ1) is 12.0. The second kappa shape index (κ2) is 4.65. The van der Waals surface area contributed by atoms with Crippen molar-refractivity contribution < 1.29 is 17.2 Å². The highest BCUT2D eigenvalue weighted by Gasteiger charge is 2.18. The number of nitrogens with two attached hydrogens (primary N) is 1. The molecule has 84 valence electrons. The third kappa shape index (κ3) is 2.95. The fourth-order valence-corrected chi connectivity index (χ4v) is 2.09. The predicted octanol–water partition coefficient (Wildman–Crippen LogP) is 0.202. The first-order chi connectivity index (χ1) is 6.97. The third-order valence-electron chi connectivity index (χ3n) is 1.62. The van der Waals surface area contributed by atoms with E-state index in [-0.39, 0.29) is 13.1 Å². The molecule has 0 fully saturated rings. The Labute approximate surface area is 86.1 Å². The smallest absolute Gasteiger partial charge is 0.243 e. The molecule has 0 aliphatic heterocycles. The summed E-state index contributed by atoms with van der Waals surface area (Å²) >= 11 is 0. The van der Waals surface area contributed by atoms with E-state index in [4.69, 9.17) is 5.73 Å². The van der Waals surface area contributed by atoms with Crippen LogP contribution in [0.25, 0.3) is 0 Å². The van der Waals surface area contributed by atoms with E-state index in [0.717, 1.165) is 12.1 Å². The molecule has 0 aliphatic carbocycles. The van der Waals surface area contributed by atoms with E-state index >= 15 is 0 Å². The summed E-state index contributed by atoms with van der Waals surface area (Å²) in [5.41, 5.74) is 5.09. The monoisotopic (exact) mass is 236 g/mol. The van der Waals surface area contributed by atoms with Gasteiger partial charge in [-0.15, -0.1) is 0 Å². The number of hydrogen-bond donors (Lipinski definition) is 2. The summed E-state index contributed by atoms with van der Waals surface area (Å²) in [5, 5.41) is 0. The zero-order valence-corrected chi connectivity index (χ0v) is 8.52. The van der Waals surface area contributed by atoms with Gasteiger partial charge in [0.1, 0.15) is 16.5 Å². The molecule has 0 unspecified atom stereocenters. The molecule has 0 heterocycles. The lowest BCUT2D eigenvalue weighted by molar-refractivity contribution is 0.546. The number of benzene rings is 1. The van der Waals surface area contributed by atoms with Crippen molar-refractivity contribution in [2.45, 2.75) is 4.90 Å². The van der Waals surface area contributed by atoms with Gasteiger partial charge >= 0.3 is 0 Å². The average Bonchev–Trinajstić information content (AvgIpc) is 2.18. The molecule has 0 amide bonds. The highest BCUT2D eigenvalue weighted by molar-refractivity contribution is 7.89. The number of sulfonamides is 1. The zero-order chi connectivity index (χ0) is 11.5. The van der Waals surface area contributed by atoms with E-state index in [2.05, 4.69) is 0 Å². The normalized spacial score (nSPS) is 11.7. The molecule has 0 spiro atoms. The molecule has 0 atom stereocenters. The Kier molecular flexibility index (Phi) is 3.72. The summed E-state index contributed by atoms with van der Waals surface area (Å²) in [5.74, 6) is -1.81. The van der Waals surface area contributed by atoms with Gasteiger partial charge in [0.05, 0.1) is 0 Å². The quantitative estimate of drug-likeness (QED) is 0.784. The van der Waals surface area contributed by atoms with Gasteiger partial charge in [0, 0.05) is 13.1 Å². The van der Waals surface area contributed by atoms with Crippen LogP contribution in [-0.2, 0) is 10.0 Å². The Morgan fingerprint density at radius 3 is 2.60 bits per heavy atom. The van der Waals surface area contributed by atoms with Crippen LogP contribution in [0.1, 0.15) is 0 Å². The Balaban J connectivity index is 3.09. The molecule has 0 saturated heterocycles. The van der Waals surface area contributed by atoms with E-state index < -0.39 is 26.6 Å². The lowest BCUT2D eigenvalue weighted by Gasteiger charge is -2.06. The van der Waals surface area contributed by atoms with Gasteiger partial charge in [0.15, 0.2) is 0 Å². The van der Waals surface area contributed by atoms with Gasteiger partial charge in [-0.2, -0.15) is 0 Å². The average molecular weight is 236 g/mol. The minimum atomic E-state index is -4.02. The van der Waals surface area contributed by atoms with Gasteiger partial charge in [0.2, 0.25) is 10.0 Å². The Bertz CT molecular complexity index is 448. The van der Waals surface area contributed by atoms with Crippen LogP contribution in [-0.4, -0.2) is 21.5 Å². The molecule has 15 heavy (non-hydrogen) atoms. The molecule has 1 rings (SSSR count). The van der Waals surface area contributed by atoms with Crippen molar-refractivity contribution in [2.75, 3.05) is 13.1 Å².